The van der Waals surface area contributed by atoms with Crippen LogP contribution in [-0.4, -0.2) is 19.3 Å². The first-order chi connectivity index (χ1) is 16.8. The van der Waals surface area contributed by atoms with Crippen LogP contribution in [-0.2, 0) is 0 Å². The summed E-state index contributed by atoms with van der Waals surface area (Å²) in [6.07, 6.45) is 25.5. The summed E-state index contributed by atoms with van der Waals surface area (Å²) in [5.74, 6) is 1.22. The minimum Gasteiger partial charge on any atom is -0.349 e. The molecular weight excluding hydrogens is 432 g/mol. The van der Waals surface area contributed by atoms with Crippen LogP contribution >= 0.6 is 11.8 Å². The lowest BCUT2D eigenvalue weighted by Crippen LogP contribution is -2.47. The van der Waals surface area contributed by atoms with Crippen LogP contribution in [0, 0.1) is 11.8 Å². The van der Waals surface area contributed by atoms with E-state index in [0.29, 0.717) is 23.8 Å². The molecule has 5 aliphatic rings. The number of benzene rings is 2. The number of anilines is 2. The minimum atomic E-state index is 0.229. The van der Waals surface area contributed by atoms with Crippen LogP contribution in [0.1, 0.15) is 28.8 Å². The van der Waals surface area contributed by atoms with Gasteiger partial charge in [-0.15, -0.1) is 11.8 Å². The Kier molecular flexibility index (Phi) is 4.57. The summed E-state index contributed by atoms with van der Waals surface area (Å²) in [4.78, 5) is 6.53. The highest BCUT2D eigenvalue weighted by atomic mass is 32.2. The molecule has 34 heavy (non-hydrogen) atoms. The zero-order valence-corrected chi connectivity index (χ0v) is 20.3. The van der Waals surface area contributed by atoms with E-state index < -0.39 is 0 Å². The van der Waals surface area contributed by atoms with Gasteiger partial charge in [0, 0.05) is 24.8 Å². The third-order valence-electron chi connectivity index (χ3n) is 8.14. The Hall–Kier alpha value is -3.17. The number of rotatable bonds is 2. The molecule has 5 unspecified atom stereocenters. The molecule has 7 rings (SSSR count). The standard InChI is InChI=1S/C31H28N2S/c1-32-28-13-7-8-14-29(28)33-27-12-6-5-10-23(27)26-19-20(15-16-25(26)31(32)33)21-17-18-30(34-2)24-11-4-3-9-22(21)24/h3-19,22-24,27,31H,1-2H3. The van der Waals surface area contributed by atoms with Gasteiger partial charge in [0.2, 0.25) is 0 Å². The summed E-state index contributed by atoms with van der Waals surface area (Å²) < 4.78 is 0. The number of hydrogen-bond donors (Lipinski definition) is 0. The van der Waals surface area contributed by atoms with Crippen molar-refractivity contribution in [2.24, 2.45) is 11.8 Å². The van der Waals surface area contributed by atoms with Gasteiger partial charge in [0.05, 0.1) is 17.4 Å². The lowest BCUT2D eigenvalue weighted by molar-refractivity contribution is 0.512. The first-order valence-electron chi connectivity index (χ1n) is 12.2. The van der Waals surface area contributed by atoms with Crippen LogP contribution in [0.25, 0.3) is 5.57 Å². The van der Waals surface area contributed by atoms with Crippen molar-refractivity contribution >= 4 is 28.7 Å². The van der Waals surface area contributed by atoms with Gasteiger partial charge in [-0.25, -0.2) is 0 Å². The maximum absolute atomic E-state index is 2.63. The van der Waals surface area contributed by atoms with Gasteiger partial charge in [0.15, 0.2) is 0 Å². The van der Waals surface area contributed by atoms with Crippen molar-refractivity contribution in [1.29, 1.82) is 0 Å². The predicted molar refractivity (Wildman–Crippen MR) is 146 cm³/mol. The van der Waals surface area contributed by atoms with Crippen LogP contribution in [0.4, 0.5) is 11.4 Å². The second-order valence-corrected chi connectivity index (χ2v) is 10.6. The van der Waals surface area contributed by atoms with Crippen LogP contribution in [0.15, 0.2) is 108 Å². The van der Waals surface area contributed by atoms with E-state index in [-0.39, 0.29) is 6.17 Å². The molecule has 0 N–H and O–H groups in total. The Bertz CT molecular complexity index is 1360. The summed E-state index contributed by atoms with van der Waals surface area (Å²) >= 11 is 1.87. The average molecular weight is 461 g/mol. The summed E-state index contributed by atoms with van der Waals surface area (Å²) in [6, 6.07) is 16.4. The largest absolute Gasteiger partial charge is 0.349 e. The SMILES string of the molecule is CSC1=CC=C(c2ccc3c(c2)C2C=CC=CC2N2c4ccccc4N(C)C32)C2C=CC=CC12. The number of fused-ring (bicyclic) bond motifs is 9. The summed E-state index contributed by atoms with van der Waals surface area (Å²) in [6.45, 7) is 0. The molecule has 0 aromatic heterocycles. The van der Waals surface area contributed by atoms with Gasteiger partial charge in [0.25, 0.3) is 0 Å². The van der Waals surface area contributed by atoms with Crippen LogP contribution < -0.4 is 9.80 Å². The Morgan fingerprint density at radius 1 is 0.735 bits per heavy atom. The highest BCUT2D eigenvalue weighted by Crippen LogP contribution is 2.54. The highest BCUT2D eigenvalue weighted by Gasteiger charge is 2.46. The molecule has 0 radical (unpaired) electrons. The van der Waals surface area contributed by atoms with Gasteiger partial charge in [-0.3, -0.25) is 0 Å². The zero-order valence-electron chi connectivity index (χ0n) is 19.5. The van der Waals surface area contributed by atoms with E-state index in [4.69, 9.17) is 0 Å². The van der Waals surface area contributed by atoms with Gasteiger partial charge >= 0.3 is 0 Å². The van der Waals surface area contributed by atoms with Crippen molar-refractivity contribution in [2.45, 2.75) is 18.1 Å². The summed E-state index contributed by atoms with van der Waals surface area (Å²) in [5.41, 5.74) is 8.35. The molecule has 0 fully saturated rings. The molecule has 0 saturated heterocycles. The molecule has 3 heteroatoms. The number of thioether (sulfide) groups is 1. The highest BCUT2D eigenvalue weighted by molar-refractivity contribution is 8.02. The van der Waals surface area contributed by atoms with E-state index in [2.05, 4.69) is 126 Å². The quantitative estimate of drug-likeness (QED) is 0.466. The van der Waals surface area contributed by atoms with E-state index in [0.717, 1.165) is 0 Å². The topological polar surface area (TPSA) is 6.48 Å². The third-order valence-corrected chi connectivity index (χ3v) is 9.02. The van der Waals surface area contributed by atoms with Crippen molar-refractivity contribution in [2.75, 3.05) is 23.1 Å². The minimum absolute atomic E-state index is 0.229. The zero-order chi connectivity index (χ0) is 22.8. The lowest BCUT2D eigenvalue weighted by atomic mass is 9.74. The molecule has 2 aliphatic heterocycles. The average Bonchev–Trinajstić information content (AvgIpc) is 3.21. The predicted octanol–water partition coefficient (Wildman–Crippen LogP) is 7.24. The third kappa shape index (κ3) is 2.77. The molecule has 0 saturated carbocycles. The van der Waals surface area contributed by atoms with E-state index >= 15 is 0 Å². The van der Waals surface area contributed by atoms with E-state index in [1.165, 1.54) is 38.5 Å². The number of allylic oxidation sites excluding steroid dienone is 10. The molecule has 2 aromatic rings. The molecule has 0 amide bonds. The molecule has 3 aliphatic carbocycles. The number of nitrogens with zero attached hydrogens (tertiary/aromatic N) is 2. The lowest BCUT2D eigenvalue weighted by Gasteiger charge is -2.46. The monoisotopic (exact) mass is 460 g/mol. The smallest absolute Gasteiger partial charge is 0.129 e. The number of para-hydroxylation sites is 2. The first-order valence-corrected chi connectivity index (χ1v) is 13.4. The maximum Gasteiger partial charge on any atom is 0.129 e. The second-order valence-electron chi connectivity index (χ2n) is 9.73. The molecule has 2 nitrogen and oxygen atoms in total. The molecule has 2 heterocycles. The first kappa shape index (κ1) is 20.2. The van der Waals surface area contributed by atoms with Gasteiger partial charge in [-0.05, 0) is 45.6 Å². The van der Waals surface area contributed by atoms with Gasteiger partial charge in [0.1, 0.15) is 6.17 Å². The van der Waals surface area contributed by atoms with Crippen molar-refractivity contribution in [3.63, 3.8) is 0 Å². The molecule has 168 valence electrons. The molecule has 5 atom stereocenters. The Morgan fingerprint density at radius 2 is 1.47 bits per heavy atom. The van der Waals surface area contributed by atoms with E-state index in [1.54, 1.807) is 0 Å². The van der Waals surface area contributed by atoms with Crippen LogP contribution in [0.5, 0.6) is 0 Å². The van der Waals surface area contributed by atoms with Crippen molar-refractivity contribution < 1.29 is 0 Å². The van der Waals surface area contributed by atoms with Gasteiger partial charge < -0.3 is 9.80 Å². The van der Waals surface area contributed by atoms with Crippen molar-refractivity contribution in [3.05, 3.63) is 125 Å². The van der Waals surface area contributed by atoms with Gasteiger partial charge in [-0.2, -0.15) is 0 Å². The molecule has 0 bridgehead atoms. The Labute approximate surface area is 206 Å². The maximum atomic E-state index is 2.63. The fraction of sp³-hybridized carbons (Fsp3) is 0.226. The molecule has 0 spiro atoms. The normalized spacial score (nSPS) is 29.6. The van der Waals surface area contributed by atoms with Crippen LogP contribution in [0.2, 0.25) is 0 Å². The van der Waals surface area contributed by atoms with Crippen molar-refractivity contribution in [1.82, 2.24) is 0 Å². The second kappa shape index (κ2) is 7.68. The molecular formula is C31H28N2S. The number of hydrogen-bond acceptors (Lipinski definition) is 3. The van der Waals surface area contributed by atoms with Gasteiger partial charge in [-0.1, -0.05) is 91.1 Å². The Balaban J connectivity index is 1.37. The summed E-state index contributed by atoms with van der Waals surface area (Å²) in [5, 5.41) is 0. The summed E-state index contributed by atoms with van der Waals surface area (Å²) in [7, 11) is 2.24. The fourth-order valence-electron chi connectivity index (χ4n) is 6.60. The van der Waals surface area contributed by atoms with Crippen molar-refractivity contribution in [3.8, 4) is 0 Å². The van der Waals surface area contributed by atoms with E-state index in [1.807, 2.05) is 11.8 Å². The van der Waals surface area contributed by atoms with E-state index in [9.17, 15) is 0 Å². The fourth-order valence-corrected chi connectivity index (χ4v) is 7.30. The Morgan fingerprint density at radius 3 is 2.29 bits per heavy atom. The van der Waals surface area contributed by atoms with Crippen LogP contribution in [0.3, 0.4) is 0 Å². The molecule has 2 aromatic carbocycles.